The zero-order valence-electron chi connectivity index (χ0n) is 16.0. The van der Waals surface area contributed by atoms with Gasteiger partial charge in [-0.3, -0.25) is 4.79 Å². The van der Waals surface area contributed by atoms with Gasteiger partial charge in [0, 0.05) is 0 Å². The number of ether oxygens (including phenoxy) is 4. The molecule has 0 aromatic heterocycles. The van der Waals surface area contributed by atoms with Crippen LogP contribution in [-0.4, -0.2) is 134 Å². The Morgan fingerprint density at radius 3 is 1.97 bits per heavy atom. The Kier molecular flexibility index (Phi) is 8.87. The Balaban J connectivity index is 2.17. The molecule has 176 valence electrons. The number of carboxylic acid groups (broad SMARTS) is 1. The van der Waals surface area contributed by atoms with Gasteiger partial charge < -0.3 is 65.5 Å². The van der Waals surface area contributed by atoms with Crippen molar-refractivity contribution in [3.8, 4) is 0 Å². The molecule has 2 rings (SSSR count). The minimum atomic E-state index is -1.81. The average molecular weight is 443 g/mol. The predicted octanol–water partition coefficient (Wildman–Crippen LogP) is -5.57. The molecule has 30 heavy (non-hydrogen) atoms. The van der Waals surface area contributed by atoms with Crippen LogP contribution >= 0.6 is 0 Å². The first-order valence-corrected chi connectivity index (χ1v) is 9.25. The van der Waals surface area contributed by atoms with E-state index in [1.165, 1.54) is 6.92 Å². The number of carboxylic acids is 1. The largest absolute Gasteiger partial charge is 0.480 e. The third-order valence-electron chi connectivity index (χ3n) is 5.10. The average Bonchev–Trinajstić information content (AvgIpc) is 2.72. The molecule has 0 amide bonds. The first kappa shape index (κ1) is 25.3. The first-order valence-electron chi connectivity index (χ1n) is 9.25. The van der Waals surface area contributed by atoms with Crippen LogP contribution in [0.4, 0.5) is 0 Å². The molecule has 0 radical (unpaired) electrons. The summed E-state index contributed by atoms with van der Waals surface area (Å²) >= 11 is 0. The van der Waals surface area contributed by atoms with Crippen LogP contribution in [0, 0.1) is 0 Å². The number of hydrogen-bond donors (Lipinski definition) is 9. The van der Waals surface area contributed by atoms with Gasteiger partial charge in [0.25, 0.3) is 0 Å². The van der Waals surface area contributed by atoms with E-state index < -0.39 is 92.7 Å². The summed E-state index contributed by atoms with van der Waals surface area (Å²) in [4.78, 5) is 11.0. The lowest BCUT2D eigenvalue weighted by atomic mass is 9.97. The molecule has 0 aromatic carbocycles. The van der Waals surface area contributed by atoms with Gasteiger partial charge in [0.1, 0.15) is 54.9 Å². The molecule has 0 aromatic rings. The van der Waals surface area contributed by atoms with Gasteiger partial charge in [-0.1, -0.05) is 0 Å². The smallest absolute Gasteiger partial charge is 0.323 e. The molecule has 14 heteroatoms. The van der Waals surface area contributed by atoms with Gasteiger partial charge in [-0.25, -0.2) is 0 Å². The normalized spacial score (nSPS) is 44.4. The van der Waals surface area contributed by atoms with E-state index in [2.05, 4.69) is 0 Å². The number of aliphatic hydroxyl groups excluding tert-OH is 7. The number of nitrogens with two attached hydrogens (primary N) is 1. The van der Waals surface area contributed by atoms with Gasteiger partial charge in [0.05, 0.1) is 19.3 Å². The van der Waals surface area contributed by atoms with Crippen LogP contribution in [0.15, 0.2) is 0 Å². The standard InChI is InChI=1S/C16H29NO13/c1-4(7(17)14(25)26)27-16-12(24)13(9(21)6(3-19)29-16)30-15-11(23)10(22)8(20)5(2-18)28-15/h4-13,15-16,18-24H,2-3,17H2,1H3,(H,25,26)/t4?,5?,6?,7?,8-,9-,10?,11?,12?,13?,15+,16+/m0/s1. The van der Waals surface area contributed by atoms with Crippen molar-refractivity contribution >= 4 is 5.97 Å². The number of rotatable bonds is 8. The van der Waals surface area contributed by atoms with Crippen molar-refractivity contribution < 1.29 is 64.6 Å². The topological polar surface area (TPSA) is 242 Å². The van der Waals surface area contributed by atoms with Gasteiger partial charge >= 0.3 is 5.97 Å². The molecule has 14 nitrogen and oxygen atoms in total. The van der Waals surface area contributed by atoms with E-state index in [4.69, 9.17) is 29.8 Å². The number of aliphatic hydroxyl groups is 7. The zero-order valence-corrected chi connectivity index (χ0v) is 16.0. The summed E-state index contributed by atoms with van der Waals surface area (Å²) < 4.78 is 21.2. The lowest BCUT2D eigenvalue weighted by molar-refractivity contribution is -0.363. The number of hydrogen-bond acceptors (Lipinski definition) is 13. The van der Waals surface area contributed by atoms with Crippen LogP contribution in [-0.2, 0) is 23.7 Å². The zero-order chi connectivity index (χ0) is 22.7. The molecule has 2 fully saturated rings. The fourth-order valence-electron chi connectivity index (χ4n) is 3.16. The van der Waals surface area contributed by atoms with Crippen molar-refractivity contribution in [1.82, 2.24) is 0 Å². The summed E-state index contributed by atoms with van der Waals surface area (Å²) in [6.45, 7) is -0.151. The maximum atomic E-state index is 11.0. The maximum absolute atomic E-state index is 11.0. The van der Waals surface area contributed by atoms with Crippen LogP contribution in [0.3, 0.4) is 0 Å². The van der Waals surface area contributed by atoms with Crippen LogP contribution in [0.1, 0.15) is 6.92 Å². The summed E-state index contributed by atoms with van der Waals surface area (Å²) in [5, 5.41) is 78.3. The fraction of sp³-hybridized carbons (Fsp3) is 0.938. The molecule has 0 aliphatic carbocycles. The summed E-state index contributed by atoms with van der Waals surface area (Å²) in [7, 11) is 0. The molecule has 10 N–H and O–H groups in total. The quantitative estimate of drug-likeness (QED) is 0.170. The minimum Gasteiger partial charge on any atom is -0.480 e. The molecule has 0 saturated carbocycles. The predicted molar refractivity (Wildman–Crippen MR) is 92.6 cm³/mol. The Morgan fingerprint density at radius 2 is 1.43 bits per heavy atom. The van der Waals surface area contributed by atoms with Crippen molar-refractivity contribution in [3.63, 3.8) is 0 Å². The fourth-order valence-corrected chi connectivity index (χ4v) is 3.16. The summed E-state index contributed by atoms with van der Waals surface area (Å²) in [5.74, 6) is -1.37. The highest BCUT2D eigenvalue weighted by Gasteiger charge is 2.51. The van der Waals surface area contributed by atoms with Crippen LogP contribution in [0.2, 0.25) is 0 Å². The highest BCUT2D eigenvalue weighted by Crippen LogP contribution is 2.30. The van der Waals surface area contributed by atoms with E-state index >= 15 is 0 Å². The minimum absolute atomic E-state index is 0.723. The molecule has 0 bridgehead atoms. The van der Waals surface area contributed by atoms with E-state index in [1.807, 2.05) is 0 Å². The van der Waals surface area contributed by atoms with Gasteiger partial charge in [0.2, 0.25) is 0 Å². The van der Waals surface area contributed by atoms with Gasteiger partial charge in [-0.15, -0.1) is 0 Å². The van der Waals surface area contributed by atoms with Crippen LogP contribution < -0.4 is 5.73 Å². The van der Waals surface area contributed by atoms with E-state index in [0.29, 0.717) is 0 Å². The third kappa shape index (κ3) is 5.24. The van der Waals surface area contributed by atoms with E-state index in [9.17, 15) is 40.5 Å². The highest BCUT2D eigenvalue weighted by atomic mass is 16.7. The Labute approximate surface area is 171 Å². The van der Waals surface area contributed by atoms with Crippen molar-refractivity contribution in [2.24, 2.45) is 5.73 Å². The summed E-state index contributed by atoms with van der Waals surface area (Å²) in [5.41, 5.74) is 5.46. The van der Waals surface area contributed by atoms with E-state index in [-0.39, 0.29) is 0 Å². The van der Waals surface area contributed by atoms with Crippen molar-refractivity contribution in [2.75, 3.05) is 13.2 Å². The van der Waals surface area contributed by atoms with Crippen molar-refractivity contribution in [2.45, 2.75) is 80.5 Å². The Hall–Kier alpha value is -1.01. The second kappa shape index (κ2) is 10.5. The van der Waals surface area contributed by atoms with Crippen LogP contribution in [0.25, 0.3) is 0 Å². The molecule has 2 aliphatic rings. The van der Waals surface area contributed by atoms with Gasteiger partial charge in [-0.2, -0.15) is 0 Å². The second-order valence-corrected chi connectivity index (χ2v) is 7.21. The summed E-state index contributed by atoms with van der Waals surface area (Å²) in [6.07, 6.45) is -17.3. The van der Waals surface area contributed by atoms with Gasteiger partial charge in [-0.05, 0) is 6.92 Å². The number of carbonyl (C=O) groups is 1. The first-order chi connectivity index (χ1) is 14.0. The summed E-state index contributed by atoms with van der Waals surface area (Å²) in [6, 6.07) is -1.47. The Morgan fingerprint density at radius 1 is 0.900 bits per heavy atom. The molecule has 0 spiro atoms. The Bertz CT molecular complexity index is 565. The van der Waals surface area contributed by atoms with Crippen LogP contribution in [0.5, 0.6) is 0 Å². The van der Waals surface area contributed by atoms with E-state index in [0.717, 1.165) is 0 Å². The number of aliphatic carboxylic acids is 1. The molecule has 12 atom stereocenters. The molecule has 8 unspecified atom stereocenters. The lowest BCUT2D eigenvalue weighted by Gasteiger charge is -2.46. The molecule has 2 saturated heterocycles. The monoisotopic (exact) mass is 443 g/mol. The van der Waals surface area contributed by atoms with Crippen molar-refractivity contribution in [1.29, 1.82) is 0 Å². The molecule has 2 aliphatic heterocycles. The maximum Gasteiger partial charge on any atom is 0.323 e. The molecular weight excluding hydrogens is 414 g/mol. The second-order valence-electron chi connectivity index (χ2n) is 7.21. The molecular formula is C16H29NO13. The third-order valence-corrected chi connectivity index (χ3v) is 5.10. The lowest BCUT2D eigenvalue weighted by Crippen LogP contribution is -2.65. The van der Waals surface area contributed by atoms with Crippen molar-refractivity contribution in [3.05, 3.63) is 0 Å². The SMILES string of the molecule is CC(O[C@@H]1OC(CO)[C@H](O)C(O[C@H]2OC(CO)[C@H](O)C(O)C2O)C1O)C(N)C(=O)O. The molecule has 2 heterocycles. The van der Waals surface area contributed by atoms with E-state index in [1.54, 1.807) is 0 Å². The van der Waals surface area contributed by atoms with Gasteiger partial charge in [0.15, 0.2) is 12.6 Å². The highest BCUT2D eigenvalue weighted by molar-refractivity contribution is 5.73.